The summed E-state index contributed by atoms with van der Waals surface area (Å²) in [6, 6.07) is 8.45. The minimum Gasteiger partial charge on any atom is -0.365 e. The molecule has 2 nitrogen and oxygen atoms in total. The summed E-state index contributed by atoms with van der Waals surface area (Å²) in [5.74, 6) is 0. The average Bonchev–Trinajstić information content (AvgIpc) is 2.68. The summed E-state index contributed by atoms with van der Waals surface area (Å²) in [4.78, 5) is 5.87. The van der Waals surface area contributed by atoms with Crippen LogP contribution in [0, 0.1) is 6.92 Å². The summed E-state index contributed by atoms with van der Waals surface area (Å²) in [6.07, 6.45) is 2.04. The molecule has 1 N–H and O–H groups in total. The molecule has 1 aromatic heterocycles. The first kappa shape index (κ1) is 12.6. The smallest absolute Gasteiger partial charge is 0.182 e. The summed E-state index contributed by atoms with van der Waals surface area (Å²) in [5.41, 5.74) is 2.55. The van der Waals surface area contributed by atoms with Gasteiger partial charge < -0.3 is 5.32 Å². The number of nitrogens with zero attached hydrogens (tertiary/aromatic N) is 1. The summed E-state index contributed by atoms with van der Waals surface area (Å²) >= 11 is 5.22. The van der Waals surface area contributed by atoms with E-state index in [9.17, 15) is 0 Å². The highest BCUT2D eigenvalue weighted by Crippen LogP contribution is 2.23. The molecule has 17 heavy (non-hydrogen) atoms. The van der Waals surface area contributed by atoms with Crippen molar-refractivity contribution < 1.29 is 0 Å². The van der Waals surface area contributed by atoms with Gasteiger partial charge in [0.2, 0.25) is 0 Å². The van der Waals surface area contributed by atoms with Gasteiger partial charge in [0.05, 0.1) is 5.69 Å². The third kappa shape index (κ3) is 3.30. The molecule has 0 bridgehead atoms. The van der Waals surface area contributed by atoms with Crippen molar-refractivity contribution in [1.29, 1.82) is 0 Å². The third-order valence-corrected chi connectivity index (χ3v) is 4.17. The highest BCUT2D eigenvalue weighted by Gasteiger charge is 2.06. The molecule has 0 spiro atoms. The summed E-state index contributed by atoms with van der Waals surface area (Å²) < 4.78 is 1.14. The lowest BCUT2D eigenvalue weighted by Gasteiger charge is -2.01. The van der Waals surface area contributed by atoms with Crippen LogP contribution in [0.3, 0.4) is 0 Å². The van der Waals surface area contributed by atoms with Gasteiger partial charge in [0, 0.05) is 16.4 Å². The van der Waals surface area contributed by atoms with Gasteiger partial charge in [-0.05, 0) is 37.5 Å². The molecule has 0 radical (unpaired) electrons. The summed E-state index contributed by atoms with van der Waals surface area (Å²) in [7, 11) is 1.91. The number of rotatable bonds is 4. The number of hydrogen-bond donors (Lipinski definition) is 1. The van der Waals surface area contributed by atoms with Gasteiger partial charge in [-0.1, -0.05) is 28.1 Å². The summed E-state index contributed by atoms with van der Waals surface area (Å²) in [6.45, 7) is 2.13. The van der Waals surface area contributed by atoms with Gasteiger partial charge in [0.1, 0.15) is 0 Å². The van der Waals surface area contributed by atoms with E-state index in [0.717, 1.165) is 22.4 Å². The standard InChI is InChI=1S/C13H15BrN2S/c1-9-12(16-13(15-2)17-9)7-6-10-4-3-5-11(14)8-10/h3-5,8H,6-7H2,1-2H3,(H,15,16). The van der Waals surface area contributed by atoms with E-state index in [2.05, 4.69) is 57.4 Å². The number of thiazole rings is 1. The lowest BCUT2D eigenvalue weighted by molar-refractivity contribution is 0.916. The minimum atomic E-state index is 1.00. The topological polar surface area (TPSA) is 24.9 Å². The predicted molar refractivity (Wildman–Crippen MR) is 77.9 cm³/mol. The average molecular weight is 311 g/mol. The molecule has 0 fully saturated rings. The van der Waals surface area contributed by atoms with E-state index in [-0.39, 0.29) is 0 Å². The van der Waals surface area contributed by atoms with Crippen molar-refractivity contribution in [3.8, 4) is 0 Å². The van der Waals surface area contributed by atoms with Crippen molar-refractivity contribution in [2.45, 2.75) is 19.8 Å². The van der Waals surface area contributed by atoms with Gasteiger partial charge in [0.15, 0.2) is 5.13 Å². The highest BCUT2D eigenvalue weighted by molar-refractivity contribution is 9.10. The van der Waals surface area contributed by atoms with Crippen LogP contribution in [0.25, 0.3) is 0 Å². The van der Waals surface area contributed by atoms with Gasteiger partial charge >= 0.3 is 0 Å². The Morgan fingerprint density at radius 1 is 1.35 bits per heavy atom. The molecule has 0 atom stereocenters. The fourth-order valence-electron chi connectivity index (χ4n) is 1.72. The van der Waals surface area contributed by atoms with Crippen molar-refractivity contribution >= 4 is 32.4 Å². The zero-order valence-electron chi connectivity index (χ0n) is 9.96. The molecule has 0 aliphatic carbocycles. The maximum Gasteiger partial charge on any atom is 0.182 e. The lowest BCUT2D eigenvalue weighted by Crippen LogP contribution is -1.94. The Morgan fingerprint density at radius 3 is 2.82 bits per heavy atom. The van der Waals surface area contributed by atoms with E-state index in [4.69, 9.17) is 0 Å². The molecule has 2 aromatic rings. The fraction of sp³-hybridized carbons (Fsp3) is 0.308. The first-order valence-electron chi connectivity index (χ1n) is 5.57. The van der Waals surface area contributed by atoms with Crippen molar-refractivity contribution in [2.24, 2.45) is 0 Å². The first-order chi connectivity index (χ1) is 8.19. The van der Waals surface area contributed by atoms with Crippen LogP contribution in [-0.4, -0.2) is 12.0 Å². The number of hydrogen-bond acceptors (Lipinski definition) is 3. The van der Waals surface area contributed by atoms with Crippen LogP contribution >= 0.6 is 27.3 Å². The molecule has 0 amide bonds. The maximum atomic E-state index is 4.56. The van der Waals surface area contributed by atoms with Crippen LogP contribution in [0.2, 0.25) is 0 Å². The Hall–Kier alpha value is -0.870. The van der Waals surface area contributed by atoms with Crippen molar-refractivity contribution in [3.63, 3.8) is 0 Å². The zero-order valence-corrected chi connectivity index (χ0v) is 12.4. The molecule has 2 rings (SSSR count). The lowest BCUT2D eigenvalue weighted by atomic mass is 10.1. The molecular weight excluding hydrogens is 296 g/mol. The number of aryl methyl sites for hydroxylation is 3. The Kier molecular flexibility index (Phi) is 4.18. The van der Waals surface area contributed by atoms with E-state index < -0.39 is 0 Å². The van der Waals surface area contributed by atoms with E-state index in [0.29, 0.717) is 0 Å². The van der Waals surface area contributed by atoms with E-state index in [1.54, 1.807) is 11.3 Å². The molecule has 0 saturated carbocycles. The Balaban J connectivity index is 2.04. The van der Waals surface area contributed by atoms with Crippen LogP contribution < -0.4 is 5.32 Å². The van der Waals surface area contributed by atoms with E-state index >= 15 is 0 Å². The van der Waals surface area contributed by atoms with Crippen molar-refractivity contribution in [3.05, 3.63) is 44.9 Å². The van der Waals surface area contributed by atoms with E-state index in [1.165, 1.54) is 16.1 Å². The molecule has 0 aliphatic heterocycles. The number of nitrogens with one attached hydrogen (secondary N) is 1. The van der Waals surface area contributed by atoms with Crippen LogP contribution in [-0.2, 0) is 12.8 Å². The quantitative estimate of drug-likeness (QED) is 0.922. The number of halogens is 1. The van der Waals surface area contributed by atoms with Crippen LogP contribution in [0.5, 0.6) is 0 Å². The van der Waals surface area contributed by atoms with Gasteiger partial charge in [-0.3, -0.25) is 0 Å². The zero-order chi connectivity index (χ0) is 12.3. The molecule has 0 saturated heterocycles. The second kappa shape index (κ2) is 5.65. The maximum absolute atomic E-state index is 4.56. The fourth-order valence-corrected chi connectivity index (χ4v) is 2.98. The number of anilines is 1. The SMILES string of the molecule is CNc1nc(CCc2cccc(Br)c2)c(C)s1. The van der Waals surface area contributed by atoms with Gasteiger partial charge in [-0.2, -0.15) is 0 Å². The van der Waals surface area contributed by atoms with Crippen LogP contribution in [0.15, 0.2) is 28.7 Å². The summed E-state index contributed by atoms with van der Waals surface area (Å²) in [5, 5.41) is 4.10. The Labute approximate surface area is 114 Å². The molecule has 1 heterocycles. The number of aromatic nitrogens is 1. The van der Waals surface area contributed by atoms with Gasteiger partial charge in [-0.25, -0.2) is 4.98 Å². The first-order valence-corrected chi connectivity index (χ1v) is 7.18. The largest absolute Gasteiger partial charge is 0.365 e. The second-order valence-electron chi connectivity index (χ2n) is 3.90. The molecule has 0 unspecified atom stereocenters. The van der Waals surface area contributed by atoms with Crippen LogP contribution in [0.1, 0.15) is 16.1 Å². The molecule has 0 aliphatic rings. The second-order valence-corrected chi connectivity index (χ2v) is 6.02. The van der Waals surface area contributed by atoms with Crippen LogP contribution in [0.4, 0.5) is 5.13 Å². The van der Waals surface area contributed by atoms with Gasteiger partial charge in [-0.15, -0.1) is 11.3 Å². The van der Waals surface area contributed by atoms with Crippen molar-refractivity contribution in [1.82, 2.24) is 4.98 Å². The van der Waals surface area contributed by atoms with Crippen molar-refractivity contribution in [2.75, 3.05) is 12.4 Å². The molecule has 90 valence electrons. The monoisotopic (exact) mass is 310 g/mol. The Bertz CT molecular complexity index is 508. The normalized spacial score (nSPS) is 10.5. The Morgan fingerprint density at radius 2 is 2.18 bits per heavy atom. The van der Waals surface area contributed by atoms with E-state index in [1.807, 2.05) is 7.05 Å². The molecule has 4 heteroatoms. The predicted octanol–water partition coefficient (Wildman–Crippen LogP) is 4.04. The molecular formula is C13H15BrN2S. The minimum absolute atomic E-state index is 1.00. The highest BCUT2D eigenvalue weighted by atomic mass is 79.9. The third-order valence-electron chi connectivity index (χ3n) is 2.65. The van der Waals surface area contributed by atoms with Gasteiger partial charge in [0.25, 0.3) is 0 Å². The molecule has 1 aromatic carbocycles. The number of benzene rings is 1.